The summed E-state index contributed by atoms with van der Waals surface area (Å²) in [5.74, 6) is 0.527. The van der Waals surface area contributed by atoms with Gasteiger partial charge in [0.2, 0.25) is 0 Å². The van der Waals surface area contributed by atoms with Gasteiger partial charge in [0.1, 0.15) is 5.82 Å². The van der Waals surface area contributed by atoms with Crippen LogP contribution in [-0.2, 0) is 6.54 Å². The fourth-order valence-corrected chi connectivity index (χ4v) is 3.42. The van der Waals surface area contributed by atoms with Crippen molar-refractivity contribution < 1.29 is 4.39 Å². The Kier molecular flexibility index (Phi) is 5.46. The quantitative estimate of drug-likeness (QED) is 0.729. The van der Waals surface area contributed by atoms with Crippen LogP contribution in [0.1, 0.15) is 31.2 Å². The van der Waals surface area contributed by atoms with Crippen molar-refractivity contribution in [2.45, 2.75) is 38.3 Å². The summed E-state index contributed by atoms with van der Waals surface area (Å²) in [6, 6.07) is 5.67. The van der Waals surface area contributed by atoms with Crippen LogP contribution in [0.25, 0.3) is 0 Å². The number of hydrogen-bond donors (Lipinski definition) is 0. The maximum atomic E-state index is 13.4. The van der Waals surface area contributed by atoms with Gasteiger partial charge in [0.25, 0.3) is 0 Å². The highest BCUT2D eigenvalue weighted by Gasteiger charge is 2.21. The third kappa shape index (κ3) is 3.94. The van der Waals surface area contributed by atoms with E-state index < -0.39 is 0 Å². The molecule has 1 heterocycles. The molecule has 1 unspecified atom stereocenters. The lowest BCUT2D eigenvalue weighted by Gasteiger charge is -2.35. The molecule has 0 N–H and O–H groups in total. The fourth-order valence-electron chi connectivity index (χ4n) is 2.66. The molecule has 100 valence electrons. The Bertz CT molecular complexity index is 377. The van der Waals surface area contributed by atoms with Crippen molar-refractivity contribution in [3.63, 3.8) is 0 Å². The lowest BCUT2D eigenvalue weighted by Crippen LogP contribution is -2.39. The number of halogens is 3. The number of alkyl halides is 1. The Balaban J connectivity index is 2.05. The Labute approximate surface area is 121 Å². The number of rotatable bonds is 4. The molecule has 1 atom stereocenters. The minimum Gasteiger partial charge on any atom is -0.296 e. The molecule has 1 aliphatic rings. The van der Waals surface area contributed by atoms with E-state index in [4.69, 9.17) is 11.6 Å². The first-order valence-electron chi connectivity index (χ1n) is 6.44. The lowest BCUT2D eigenvalue weighted by atomic mass is 9.99. The minimum absolute atomic E-state index is 0.176. The Morgan fingerprint density at radius 3 is 2.89 bits per heavy atom. The van der Waals surface area contributed by atoms with Gasteiger partial charge in [-0.15, -0.1) is 11.6 Å². The zero-order valence-corrected chi connectivity index (χ0v) is 12.7. The zero-order chi connectivity index (χ0) is 13.0. The second kappa shape index (κ2) is 6.88. The molecule has 0 bridgehead atoms. The Hall–Kier alpha value is -0.120. The third-order valence-corrected chi connectivity index (χ3v) is 4.18. The molecule has 2 rings (SSSR count). The van der Waals surface area contributed by atoms with Gasteiger partial charge < -0.3 is 0 Å². The van der Waals surface area contributed by atoms with Gasteiger partial charge in [0, 0.05) is 22.9 Å². The molecular weight excluding hydrogens is 317 g/mol. The lowest BCUT2D eigenvalue weighted by molar-refractivity contribution is 0.136. The van der Waals surface area contributed by atoms with Crippen LogP contribution in [0.4, 0.5) is 4.39 Å². The second-order valence-corrected chi connectivity index (χ2v) is 6.17. The van der Waals surface area contributed by atoms with Crippen LogP contribution in [0, 0.1) is 5.82 Å². The molecule has 0 amide bonds. The van der Waals surface area contributed by atoms with E-state index in [-0.39, 0.29) is 5.82 Å². The molecule has 1 fully saturated rings. The topological polar surface area (TPSA) is 3.24 Å². The van der Waals surface area contributed by atoms with Crippen LogP contribution in [0.5, 0.6) is 0 Å². The van der Waals surface area contributed by atoms with Gasteiger partial charge in [-0.3, -0.25) is 4.90 Å². The first-order chi connectivity index (χ1) is 8.69. The zero-order valence-electron chi connectivity index (χ0n) is 10.3. The molecule has 0 aromatic heterocycles. The summed E-state index contributed by atoms with van der Waals surface area (Å²) in [6.45, 7) is 1.91. The van der Waals surface area contributed by atoms with Crippen LogP contribution in [0.3, 0.4) is 0 Å². The Morgan fingerprint density at radius 1 is 1.33 bits per heavy atom. The summed E-state index contributed by atoms with van der Waals surface area (Å²) in [5.41, 5.74) is 1.03. The summed E-state index contributed by atoms with van der Waals surface area (Å²) in [5, 5.41) is 0. The standard InChI is InChI=1S/C14H18BrClFN/c15-12-7-11(8-13(17)9-12)10-18-6-2-1-3-14(18)4-5-16/h7-9,14H,1-6,10H2. The van der Waals surface area contributed by atoms with Crippen molar-refractivity contribution in [2.75, 3.05) is 12.4 Å². The normalized spacial score (nSPS) is 21.2. The van der Waals surface area contributed by atoms with Crippen molar-refractivity contribution in [1.82, 2.24) is 4.90 Å². The van der Waals surface area contributed by atoms with E-state index in [2.05, 4.69) is 20.8 Å². The largest absolute Gasteiger partial charge is 0.296 e. The van der Waals surface area contributed by atoms with Crippen LogP contribution >= 0.6 is 27.5 Å². The van der Waals surface area contributed by atoms with E-state index in [1.165, 1.54) is 25.3 Å². The van der Waals surface area contributed by atoms with Crippen LogP contribution in [0.2, 0.25) is 0 Å². The molecule has 1 nitrogen and oxygen atoms in total. The van der Waals surface area contributed by atoms with Crippen molar-refractivity contribution in [2.24, 2.45) is 0 Å². The molecule has 1 aromatic carbocycles. The van der Waals surface area contributed by atoms with Gasteiger partial charge >= 0.3 is 0 Å². The molecule has 18 heavy (non-hydrogen) atoms. The molecule has 4 heteroatoms. The van der Waals surface area contributed by atoms with Gasteiger partial charge in [-0.2, -0.15) is 0 Å². The summed E-state index contributed by atoms with van der Waals surface area (Å²) in [4.78, 5) is 2.44. The maximum absolute atomic E-state index is 13.4. The fraction of sp³-hybridized carbons (Fsp3) is 0.571. The number of benzene rings is 1. The van der Waals surface area contributed by atoms with Gasteiger partial charge in [-0.1, -0.05) is 22.4 Å². The molecule has 0 saturated carbocycles. The smallest absolute Gasteiger partial charge is 0.124 e. The average molecular weight is 335 g/mol. The van der Waals surface area contributed by atoms with Crippen molar-refractivity contribution >= 4 is 27.5 Å². The Morgan fingerprint density at radius 2 is 2.17 bits per heavy atom. The SMILES string of the molecule is Fc1cc(Br)cc(CN2CCCCC2CCCl)c1. The van der Waals surface area contributed by atoms with E-state index >= 15 is 0 Å². The van der Waals surface area contributed by atoms with Gasteiger partial charge in [-0.05, 0) is 49.6 Å². The first-order valence-corrected chi connectivity index (χ1v) is 7.77. The average Bonchev–Trinajstić information content (AvgIpc) is 2.30. The van der Waals surface area contributed by atoms with E-state index in [9.17, 15) is 4.39 Å². The number of hydrogen-bond acceptors (Lipinski definition) is 1. The highest BCUT2D eigenvalue weighted by Crippen LogP contribution is 2.24. The van der Waals surface area contributed by atoms with Gasteiger partial charge in [-0.25, -0.2) is 4.39 Å². The van der Waals surface area contributed by atoms with E-state index in [0.717, 1.165) is 29.5 Å². The highest BCUT2D eigenvalue weighted by molar-refractivity contribution is 9.10. The number of likely N-dealkylation sites (tertiary alicyclic amines) is 1. The minimum atomic E-state index is -0.176. The third-order valence-electron chi connectivity index (χ3n) is 3.50. The number of nitrogens with zero attached hydrogens (tertiary/aromatic N) is 1. The monoisotopic (exact) mass is 333 g/mol. The molecule has 1 aromatic rings. The highest BCUT2D eigenvalue weighted by atomic mass is 79.9. The van der Waals surface area contributed by atoms with Crippen LogP contribution in [0.15, 0.2) is 22.7 Å². The second-order valence-electron chi connectivity index (χ2n) is 4.88. The van der Waals surface area contributed by atoms with Crippen molar-refractivity contribution in [1.29, 1.82) is 0 Å². The van der Waals surface area contributed by atoms with Gasteiger partial charge in [0.15, 0.2) is 0 Å². The number of piperidine rings is 1. The predicted molar refractivity (Wildman–Crippen MR) is 77.5 cm³/mol. The molecule has 0 aliphatic carbocycles. The van der Waals surface area contributed by atoms with E-state index in [1.54, 1.807) is 6.07 Å². The summed E-state index contributed by atoms with van der Waals surface area (Å²) < 4.78 is 14.2. The maximum Gasteiger partial charge on any atom is 0.124 e. The molecular formula is C14H18BrClFN. The molecule has 0 spiro atoms. The molecule has 1 saturated heterocycles. The van der Waals surface area contributed by atoms with Crippen LogP contribution < -0.4 is 0 Å². The van der Waals surface area contributed by atoms with Crippen molar-refractivity contribution in [3.8, 4) is 0 Å². The van der Waals surface area contributed by atoms with Crippen LogP contribution in [-0.4, -0.2) is 23.4 Å². The van der Waals surface area contributed by atoms with E-state index in [0.29, 0.717) is 11.9 Å². The summed E-state index contributed by atoms with van der Waals surface area (Å²) in [6.07, 6.45) is 4.75. The summed E-state index contributed by atoms with van der Waals surface area (Å²) in [7, 11) is 0. The predicted octanol–water partition coefficient (Wildman–Crippen LogP) is 4.57. The van der Waals surface area contributed by atoms with Crippen molar-refractivity contribution in [3.05, 3.63) is 34.1 Å². The summed E-state index contributed by atoms with van der Waals surface area (Å²) >= 11 is 9.20. The van der Waals surface area contributed by atoms with Gasteiger partial charge in [0.05, 0.1) is 0 Å². The first kappa shape index (κ1) is 14.3. The van der Waals surface area contributed by atoms with E-state index in [1.807, 2.05) is 6.07 Å². The molecule has 0 radical (unpaired) electrons. The molecule has 1 aliphatic heterocycles.